The van der Waals surface area contributed by atoms with Gasteiger partial charge in [-0.05, 0) is 18.2 Å². The first-order valence-corrected chi connectivity index (χ1v) is 7.75. The number of nitrogens with two attached hydrogens (primary N) is 1. The predicted molar refractivity (Wildman–Crippen MR) is 78.9 cm³/mol. The molecular weight excluding hydrogens is 302 g/mol. The minimum atomic E-state index is -3.75. The number of nitrogen functional groups attached to an aromatic ring is 1. The van der Waals surface area contributed by atoms with Crippen molar-refractivity contribution in [1.29, 1.82) is 0 Å². The average molecular weight is 320 g/mol. The number of carbonyl (C=O) groups is 1. The molecule has 1 amide bonds. The Hall–Kier alpha value is -1.31. The first-order valence-electron chi connectivity index (χ1n) is 5.93. The van der Waals surface area contributed by atoms with Crippen molar-refractivity contribution in [3.05, 3.63) is 23.2 Å². The van der Waals surface area contributed by atoms with Crippen LogP contribution in [0, 0.1) is 5.92 Å². The molecule has 0 aliphatic rings. The van der Waals surface area contributed by atoms with Crippen molar-refractivity contribution in [2.45, 2.75) is 11.8 Å². The summed E-state index contributed by atoms with van der Waals surface area (Å²) in [6, 6.07) is 4.19. The molecule has 0 aliphatic carbocycles. The van der Waals surface area contributed by atoms with Crippen LogP contribution in [0.4, 0.5) is 5.69 Å². The summed E-state index contributed by atoms with van der Waals surface area (Å²) >= 11 is 5.75. The number of nitrogens with one attached hydrogen (secondary N) is 1. The average Bonchev–Trinajstić information content (AvgIpc) is 2.36. The third-order valence-corrected chi connectivity index (χ3v) is 5.02. The van der Waals surface area contributed by atoms with E-state index in [4.69, 9.17) is 17.3 Å². The van der Waals surface area contributed by atoms with Crippen LogP contribution < -0.4 is 11.1 Å². The van der Waals surface area contributed by atoms with Crippen LogP contribution in [0.1, 0.15) is 6.92 Å². The van der Waals surface area contributed by atoms with Gasteiger partial charge in [-0.15, -0.1) is 0 Å². The standard InChI is InChI=1S/C12H18ClN3O3S/c1-8(12(17)15-2)7-16(3)20(18,19)11-5-4-9(13)6-10(11)14/h4-6,8H,7,14H2,1-3H3,(H,15,17). The summed E-state index contributed by atoms with van der Waals surface area (Å²) in [7, 11) is -0.843. The Morgan fingerprint density at radius 1 is 1.50 bits per heavy atom. The summed E-state index contributed by atoms with van der Waals surface area (Å²) in [5, 5.41) is 2.84. The first-order chi connectivity index (χ1) is 9.20. The number of nitrogens with zero attached hydrogens (tertiary/aromatic N) is 1. The van der Waals surface area contributed by atoms with Crippen LogP contribution in [-0.2, 0) is 14.8 Å². The molecule has 0 saturated heterocycles. The zero-order valence-corrected chi connectivity index (χ0v) is 13.1. The molecule has 1 aromatic rings. The van der Waals surface area contributed by atoms with Gasteiger partial charge >= 0.3 is 0 Å². The third kappa shape index (κ3) is 3.62. The molecule has 0 saturated carbocycles. The van der Waals surface area contributed by atoms with E-state index < -0.39 is 15.9 Å². The van der Waals surface area contributed by atoms with E-state index in [1.165, 1.54) is 32.3 Å². The Bertz CT molecular complexity index is 604. The lowest BCUT2D eigenvalue weighted by Crippen LogP contribution is -2.37. The quantitative estimate of drug-likeness (QED) is 0.789. The Morgan fingerprint density at radius 3 is 2.60 bits per heavy atom. The molecule has 1 atom stereocenters. The van der Waals surface area contributed by atoms with E-state index in [0.717, 1.165) is 4.31 Å². The Labute approximate surface area is 123 Å². The van der Waals surface area contributed by atoms with Gasteiger partial charge in [0.15, 0.2) is 0 Å². The van der Waals surface area contributed by atoms with E-state index in [9.17, 15) is 13.2 Å². The molecule has 0 aliphatic heterocycles. The summed E-state index contributed by atoms with van der Waals surface area (Å²) in [5.74, 6) is -0.690. The van der Waals surface area contributed by atoms with Gasteiger partial charge in [0.05, 0.1) is 5.69 Å². The van der Waals surface area contributed by atoms with Crippen LogP contribution in [0.15, 0.2) is 23.1 Å². The van der Waals surface area contributed by atoms with Crippen molar-refractivity contribution < 1.29 is 13.2 Å². The fraction of sp³-hybridized carbons (Fsp3) is 0.417. The third-order valence-electron chi connectivity index (χ3n) is 2.89. The molecule has 20 heavy (non-hydrogen) atoms. The molecule has 112 valence electrons. The van der Waals surface area contributed by atoms with Crippen LogP contribution in [0.5, 0.6) is 0 Å². The molecule has 1 aromatic carbocycles. The van der Waals surface area contributed by atoms with Crippen molar-refractivity contribution in [3.8, 4) is 0 Å². The zero-order chi connectivity index (χ0) is 15.5. The Morgan fingerprint density at radius 2 is 2.10 bits per heavy atom. The maximum atomic E-state index is 12.4. The highest BCUT2D eigenvalue weighted by atomic mass is 35.5. The summed E-state index contributed by atoms with van der Waals surface area (Å²) < 4.78 is 25.9. The highest BCUT2D eigenvalue weighted by Gasteiger charge is 2.26. The molecule has 1 rings (SSSR count). The van der Waals surface area contributed by atoms with Gasteiger partial charge < -0.3 is 11.1 Å². The number of hydrogen-bond donors (Lipinski definition) is 2. The zero-order valence-electron chi connectivity index (χ0n) is 11.6. The SMILES string of the molecule is CNC(=O)C(C)CN(C)S(=O)(=O)c1ccc(Cl)cc1N. The van der Waals surface area contributed by atoms with Gasteiger partial charge in [-0.3, -0.25) is 4.79 Å². The number of benzene rings is 1. The Kier molecular flexibility index (Phi) is 5.38. The number of anilines is 1. The van der Waals surface area contributed by atoms with Crippen molar-refractivity contribution in [1.82, 2.24) is 9.62 Å². The van der Waals surface area contributed by atoms with Crippen LogP contribution in [0.2, 0.25) is 5.02 Å². The summed E-state index contributed by atoms with van der Waals surface area (Å²) in [5.41, 5.74) is 5.77. The number of hydrogen-bond acceptors (Lipinski definition) is 4. The van der Waals surface area contributed by atoms with Gasteiger partial charge in [0.2, 0.25) is 15.9 Å². The van der Waals surface area contributed by atoms with E-state index in [2.05, 4.69) is 5.32 Å². The Balaban J connectivity index is 3.01. The smallest absolute Gasteiger partial charge is 0.244 e. The lowest BCUT2D eigenvalue weighted by Gasteiger charge is -2.21. The van der Waals surface area contributed by atoms with Gasteiger partial charge in [0.1, 0.15) is 4.90 Å². The van der Waals surface area contributed by atoms with Gasteiger partial charge in [-0.1, -0.05) is 18.5 Å². The maximum Gasteiger partial charge on any atom is 0.244 e. The summed E-state index contributed by atoms with van der Waals surface area (Å²) in [6.07, 6.45) is 0. The molecule has 0 aromatic heterocycles. The number of halogens is 1. The molecule has 3 N–H and O–H groups in total. The second kappa shape index (κ2) is 6.43. The van der Waals surface area contributed by atoms with E-state index >= 15 is 0 Å². The molecule has 0 spiro atoms. The number of rotatable bonds is 5. The van der Waals surface area contributed by atoms with Gasteiger partial charge in [0.25, 0.3) is 0 Å². The van der Waals surface area contributed by atoms with E-state index in [1.807, 2.05) is 0 Å². The predicted octanol–water partition coefficient (Wildman–Crippen LogP) is 0.925. The second-order valence-electron chi connectivity index (χ2n) is 4.48. The normalized spacial score (nSPS) is 13.2. The molecule has 0 fully saturated rings. The topological polar surface area (TPSA) is 92.5 Å². The lowest BCUT2D eigenvalue weighted by atomic mass is 10.2. The number of amides is 1. The van der Waals surface area contributed by atoms with Crippen molar-refractivity contribution in [2.75, 3.05) is 26.4 Å². The van der Waals surface area contributed by atoms with E-state index in [-0.39, 0.29) is 23.0 Å². The largest absolute Gasteiger partial charge is 0.398 e. The molecule has 0 bridgehead atoms. The highest BCUT2D eigenvalue weighted by molar-refractivity contribution is 7.89. The minimum absolute atomic E-state index is 0.0199. The van der Waals surface area contributed by atoms with Gasteiger partial charge in [0, 0.05) is 31.6 Å². The monoisotopic (exact) mass is 319 g/mol. The molecule has 0 radical (unpaired) electrons. The van der Waals surface area contributed by atoms with Crippen molar-refractivity contribution >= 4 is 33.2 Å². The first kappa shape index (κ1) is 16.7. The van der Waals surface area contributed by atoms with Crippen LogP contribution in [-0.4, -0.2) is 39.3 Å². The second-order valence-corrected chi connectivity index (χ2v) is 6.93. The molecule has 6 nitrogen and oxygen atoms in total. The van der Waals surface area contributed by atoms with E-state index in [0.29, 0.717) is 5.02 Å². The van der Waals surface area contributed by atoms with Crippen molar-refractivity contribution in [3.63, 3.8) is 0 Å². The van der Waals surface area contributed by atoms with Crippen LogP contribution >= 0.6 is 11.6 Å². The van der Waals surface area contributed by atoms with Crippen LogP contribution in [0.25, 0.3) is 0 Å². The molecule has 8 heteroatoms. The molecule has 0 heterocycles. The maximum absolute atomic E-state index is 12.4. The fourth-order valence-electron chi connectivity index (χ4n) is 1.74. The fourth-order valence-corrected chi connectivity index (χ4v) is 3.27. The molecular formula is C12H18ClN3O3S. The van der Waals surface area contributed by atoms with Gasteiger partial charge in [-0.25, -0.2) is 12.7 Å². The minimum Gasteiger partial charge on any atom is -0.398 e. The summed E-state index contributed by atoms with van der Waals surface area (Å²) in [4.78, 5) is 11.4. The number of sulfonamides is 1. The highest BCUT2D eigenvalue weighted by Crippen LogP contribution is 2.25. The van der Waals surface area contributed by atoms with Gasteiger partial charge in [-0.2, -0.15) is 0 Å². The van der Waals surface area contributed by atoms with Crippen LogP contribution in [0.3, 0.4) is 0 Å². The summed E-state index contributed by atoms with van der Waals surface area (Å²) in [6.45, 7) is 1.71. The molecule has 1 unspecified atom stereocenters. The number of carbonyl (C=O) groups excluding carboxylic acids is 1. The van der Waals surface area contributed by atoms with E-state index in [1.54, 1.807) is 6.92 Å². The lowest BCUT2D eigenvalue weighted by molar-refractivity contribution is -0.124. The van der Waals surface area contributed by atoms with Crippen molar-refractivity contribution in [2.24, 2.45) is 5.92 Å².